The van der Waals surface area contributed by atoms with Gasteiger partial charge in [0.25, 0.3) is 0 Å². The number of hydrogen-bond acceptors (Lipinski definition) is 7. The fourth-order valence-electron chi connectivity index (χ4n) is 3.93. The van der Waals surface area contributed by atoms with Crippen molar-refractivity contribution in [2.75, 3.05) is 19.6 Å². The van der Waals surface area contributed by atoms with E-state index in [9.17, 15) is 28.8 Å². The summed E-state index contributed by atoms with van der Waals surface area (Å²) in [5.74, 6) is -3.88. The van der Waals surface area contributed by atoms with Gasteiger partial charge in [0.1, 0.15) is 18.1 Å². The lowest BCUT2D eigenvalue weighted by molar-refractivity contribution is -0.148. The van der Waals surface area contributed by atoms with Gasteiger partial charge in [-0.1, -0.05) is 34.1 Å². The summed E-state index contributed by atoms with van der Waals surface area (Å²) in [5, 5.41) is 19.1. The first kappa shape index (κ1) is 31.8. The highest BCUT2D eigenvalue weighted by molar-refractivity contribution is 5.94. The Labute approximate surface area is 217 Å². The maximum atomic E-state index is 12.8. The van der Waals surface area contributed by atoms with Gasteiger partial charge in [-0.25, -0.2) is 4.79 Å². The third-order valence-corrected chi connectivity index (χ3v) is 6.33. The van der Waals surface area contributed by atoms with Gasteiger partial charge in [-0.05, 0) is 38.0 Å². The number of rotatable bonds is 14. The Hall–Kier alpha value is -3.22. The zero-order valence-corrected chi connectivity index (χ0v) is 22.3. The van der Waals surface area contributed by atoms with Crippen molar-refractivity contribution in [2.24, 2.45) is 17.6 Å². The highest BCUT2D eigenvalue weighted by Crippen LogP contribution is 2.17. The van der Waals surface area contributed by atoms with Crippen LogP contribution in [-0.2, 0) is 28.8 Å². The van der Waals surface area contributed by atoms with Crippen molar-refractivity contribution in [1.82, 2.24) is 26.2 Å². The smallest absolute Gasteiger partial charge is 0.326 e. The number of nitrogens with two attached hydrogens (primary N) is 1. The average molecular weight is 527 g/mol. The number of carboxylic acids is 1. The number of hydrogen-bond donors (Lipinski definition) is 6. The minimum absolute atomic E-state index is 0.206. The first-order chi connectivity index (χ1) is 17.3. The zero-order valence-electron chi connectivity index (χ0n) is 22.3. The summed E-state index contributed by atoms with van der Waals surface area (Å²) in [5.41, 5.74) is 5.93. The molecular weight excluding hydrogens is 484 g/mol. The van der Waals surface area contributed by atoms with Gasteiger partial charge in [0, 0.05) is 6.54 Å². The number of carbonyl (C=O) groups excluding carboxylic acids is 5. The Morgan fingerprint density at radius 3 is 2.16 bits per heavy atom. The van der Waals surface area contributed by atoms with Gasteiger partial charge >= 0.3 is 5.97 Å². The molecule has 5 atom stereocenters. The maximum absolute atomic E-state index is 12.8. The SMILES string of the molecule is CC[C@H](C)[C@H](NC(=O)[C@@H](N)CC(C)C)C(=O)N[C@@H](C)C(=O)NCC(=O)NCC(=O)N1CCC[C@H]1C(=O)O. The van der Waals surface area contributed by atoms with Crippen molar-refractivity contribution >= 4 is 35.5 Å². The Bertz CT molecular complexity index is 849. The minimum atomic E-state index is -1.09. The molecule has 0 saturated carbocycles. The summed E-state index contributed by atoms with van der Waals surface area (Å²) in [6.45, 7) is 8.46. The maximum Gasteiger partial charge on any atom is 0.326 e. The molecule has 1 rings (SSSR count). The van der Waals surface area contributed by atoms with Crippen molar-refractivity contribution in [3.63, 3.8) is 0 Å². The first-order valence-electron chi connectivity index (χ1n) is 12.7. The highest BCUT2D eigenvalue weighted by Gasteiger charge is 2.34. The van der Waals surface area contributed by atoms with Crippen LogP contribution in [-0.4, -0.2) is 89.3 Å². The zero-order chi connectivity index (χ0) is 28.3. The molecule has 210 valence electrons. The lowest BCUT2D eigenvalue weighted by Crippen LogP contribution is -2.57. The molecule has 1 heterocycles. The van der Waals surface area contributed by atoms with E-state index >= 15 is 0 Å². The van der Waals surface area contributed by atoms with E-state index in [0.717, 1.165) is 0 Å². The molecule has 5 amide bonds. The van der Waals surface area contributed by atoms with Crippen LogP contribution in [0.25, 0.3) is 0 Å². The van der Waals surface area contributed by atoms with Crippen LogP contribution in [0.2, 0.25) is 0 Å². The van der Waals surface area contributed by atoms with E-state index in [0.29, 0.717) is 32.2 Å². The molecule has 1 aliphatic rings. The summed E-state index contributed by atoms with van der Waals surface area (Å²) in [6, 6.07) is -3.55. The molecular formula is C24H42N6O7. The van der Waals surface area contributed by atoms with Crippen molar-refractivity contribution in [2.45, 2.75) is 84.5 Å². The predicted molar refractivity (Wildman–Crippen MR) is 135 cm³/mol. The predicted octanol–water partition coefficient (Wildman–Crippen LogP) is -1.30. The molecule has 0 aliphatic carbocycles. The topological polar surface area (TPSA) is 200 Å². The van der Waals surface area contributed by atoms with E-state index in [1.807, 2.05) is 20.8 Å². The quantitative estimate of drug-likeness (QED) is 0.160. The summed E-state index contributed by atoms with van der Waals surface area (Å²) >= 11 is 0. The van der Waals surface area contributed by atoms with Crippen LogP contribution in [0.3, 0.4) is 0 Å². The number of carbonyl (C=O) groups is 6. The van der Waals surface area contributed by atoms with Gasteiger partial charge in [-0.2, -0.15) is 0 Å². The molecule has 13 heteroatoms. The molecule has 0 aromatic rings. The van der Waals surface area contributed by atoms with Gasteiger partial charge in [0.15, 0.2) is 0 Å². The first-order valence-corrected chi connectivity index (χ1v) is 12.7. The van der Waals surface area contributed by atoms with Crippen molar-refractivity contribution < 1.29 is 33.9 Å². The molecule has 1 saturated heterocycles. The molecule has 7 N–H and O–H groups in total. The Morgan fingerprint density at radius 2 is 1.59 bits per heavy atom. The lowest BCUT2D eigenvalue weighted by atomic mass is 9.96. The second-order valence-electron chi connectivity index (χ2n) is 9.92. The van der Waals surface area contributed by atoms with Gasteiger partial charge in [0.05, 0.1) is 19.1 Å². The third-order valence-electron chi connectivity index (χ3n) is 6.33. The summed E-state index contributed by atoms with van der Waals surface area (Å²) in [6.07, 6.45) is 2.00. The Kier molecular flexibility index (Phi) is 13.0. The summed E-state index contributed by atoms with van der Waals surface area (Å²) < 4.78 is 0. The van der Waals surface area contributed by atoms with Crippen LogP contribution >= 0.6 is 0 Å². The van der Waals surface area contributed by atoms with Crippen molar-refractivity contribution in [3.8, 4) is 0 Å². The number of nitrogens with one attached hydrogen (secondary N) is 4. The van der Waals surface area contributed by atoms with Crippen molar-refractivity contribution in [1.29, 1.82) is 0 Å². The van der Waals surface area contributed by atoms with E-state index in [2.05, 4.69) is 21.3 Å². The summed E-state index contributed by atoms with van der Waals surface area (Å²) in [7, 11) is 0. The number of carboxylic acid groups (broad SMARTS) is 1. The van der Waals surface area contributed by atoms with Gasteiger partial charge in [-0.3, -0.25) is 24.0 Å². The molecule has 0 aromatic heterocycles. The highest BCUT2D eigenvalue weighted by atomic mass is 16.4. The molecule has 0 spiro atoms. The van der Waals surface area contributed by atoms with Crippen LogP contribution in [0.15, 0.2) is 0 Å². The van der Waals surface area contributed by atoms with Crippen LogP contribution in [0.1, 0.15) is 60.3 Å². The molecule has 0 radical (unpaired) electrons. The second kappa shape index (κ2) is 15.1. The largest absolute Gasteiger partial charge is 0.480 e. The third kappa shape index (κ3) is 10.3. The van der Waals surface area contributed by atoms with Crippen LogP contribution in [0.5, 0.6) is 0 Å². The normalized spacial score (nSPS) is 18.4. The van der Waals surface area contributed by atoms with E-state index in [1.54, 1.807) is 6.92 Å². The lowest BCUT2D eigenvalue weighted by Gasteiger charge is -2.26. The van der Waals surface area contributed by atoms with Gasteiger partial charge < -0.3 is 37.0 Å². The second-order valence-corrected chi connectivity index (χ2v) is 9.92. The minimum Gasteiger partial charge on any atom is -0.480 e. The Morgan fingerprint density at radius 1 is 0.946 bits per heavy atom. The molecule has 37 heavy (non-hydrogen) atoms. The number of nitrogens with zero attached hydrogens (tertiary/aromatic N) is 1. The van der Waals surface area contributed by atoms with Crippen molar-refractivity contribution in [3.05, 3.63) is 0 Å². The Balaban J connectivity index is 2.55. The molecule has 0 bridgehead atoms. The van der Waals surface area contributed by atoms with Crippen LogP contribution < -0.4 is 27.0 Å². The standard InChI is InChI=1S/C24H42N6O7/c1-6-14(4)20(29-22(34)16(25)10-13(2)3)23(35)28-15(5)21(33)27-11-18(31)26-12-19(32)30-9-7-8-17(30)24(36)37/h13-17,20H,6-12,25H2,1-5H3,(H,26,31)(H,27,33)(H,28,35)(H,29,34)(H,36,37)/t14-,15-,16-,17-,20-/m0/s1. The number of aliphatic carboxylic acids is 1. The monoisotopic (exact) mass is 526 g/mol. The van der Waals surface area contributed by atoms with Crippen LogP contribution in [0, 0.1) is 11.8 Å². The fraction of sp³-hybridized carbons (Fsp3) is 0.750. The van der Waals surface area contributed by atoms with E-state index in [1.165, 1.54) is 11.8 Å². The molecule has 1 fully saturated rings. The van der Waals surface area contributed by atoms with Crippen LogP contribution in [0.4, 0.5) is 0 Å². The molecule has 0 aromatic carbocycles. The number of likely N-dealkylation sites (tertiary alicyclic amines) is 1. The fourth-order valence-corrected chi connectivity index (χ4v) is 3.93. The van der Waals surface area contributed by atoms with Gasteiger partial charge in [0.2, 0.25) is 29.5 Å². The van der Waals surface area contributed by atoms with Gasteiger partial charge in [-0.15, -0.1) is 0 Å². The van der Waals surface area contributed by atoms with E-state index in [-0.39, 0.29) is 18.4 Å². The average Bonchev–Trinajstić information content (AvgIpc) is 3.33. The summed E-state index contributed by atoms with van der Waals surface area (Å²) in [4.78, 5) is 74.4. The molecule has 0 unspecified atom stereocenters. The molecule has 1 aliphatic heterocycles. The van der Waals surface area contributed by atoms with E-state index in [4.69, 9.17) is 10.8 Å². The van der Waals surface area contributed by atoms with E-state index < -0.39 is 66.2 Å². The molecule has 13 nitrogen and oxygen atoms in total. The number of amides is 5.